The number of rotatable bonds is 4. The van der Waals surface area contributed by atoms with Gasteiger partial charge in [-0.1, -0.05) is 47.5 Å². The van der Waals surface area contributed by atoms with Crippen molar-refractivity contribution in [2.75, 3.05) is 0 Å². The highest BCUT2D eigenvalue weighted by Crippen LogP contribution is 2.14. The Labute approximate surface area is 126 Å². The first kappa shape index (κ1) is 14.8. The van der Waals surface area contributed by atoms with Gasteiger partial charge in [0.2, 0.25) is 0 Å². The van der Waals surface area contributed by atoms with E-state index in [0.717, 1.165) is 11.1 Å². The number of halogens is 2. The number of pyridine rings is 1. The molecule has 0 atom stereocenters. The van der Waals surface area contributed by atoms with Gasteiger partial charge in [0.15, 0.2) is 0 Å². The van der Waals surface area contributed by atoms with Crippen molar-refractivity contribution in [1.29, 1.82) is 0 Å². The number of carbonyl (C=O) groups is 1. The molecule has 2 N–H and O–H groups in total. The Hall–Kier alpha value is -1.62. The molecular weight excluding hydrogens is 299 g/mol. The van der Waals surface area contributed by atoms with E-state index in [9.17, 15) is 4.79 Å². The SMILES string of the molecule is O=C(NCc1ccc(CO)cc1)c1cc(Cl)nc(Cl)c1. The van der Waals surface area contributed by atoms with Crippen molar-refractivity contribution in [3.8, 4) is 0 Å². The van der Waals surface area contributed by atoms with Gasteiger partial charge in [0.1, 0.15) is 10.3 Å². The molecule has 0 saturated carbocycles. The number of aromatic nitrogens is 1. The molecule has 0 unspecified atom stereocenters. The van der Waals surface area contributed by atoms with Gasteiger partial charge >= 0.3 is 0 Å². The Morgan fingerprint density at radius 1 is 1.10 bits per heavy atom. The molecule has 20 heavy (non-hydrogen) atoms. The van der Waals surface area contributed by atoms with Crippen LogP contribution in [-0.4, -0.2) is 16.0 Å². The van der Waals surface area contributed by atoms with E-state index in [1.54, 1.807) is 0 Å². The van der Waals surface area contributed by atoms with E-state index in [1.807, 2.05) is 24.3 Å². The van der Waals surface area contributed by atoms with Crippen LogP contribution < -0.4 is 5.32 Å². The molecule has 0 aliphatic rings. The zero-order valence-electron chi connectivity index (χ0n) is 10.4. The number of hydrogen-bond donors (Lipinski definition) is 2. The second-order valence-corrected chi connectivity index (χ2v) is 4.93. The number of nitrogens with zero attached hydrogens (tertiary/aromatic N) is 1. The maximum absolute atomic E-state index is 11.9. The largest absolute Gasteiger partial charge is 0.392 e. The van der Waals surface area contributed by atoms with Crippen molar-refractivity contribution in [3.63, 3.8) is 0 Å². The van der Waals surface area contributed by atoms with E-state index in [1.165, 1.54) is 12.1 Å². The lowest BCUT2D eigenvalue weighted by molar-refractivity contribution is 0.0951. The minimum Gasteiger partial charge on any atom is -0.392 e. The summed E-state index contributed by atoms with van der Waals surface area (Å²) in [5, 5.41) is 12.1. The van der Waals surface area contributed by atoms with Crippen LogP contribution in [-0.2, 0) is 13.2 Å². The Bertz CT molecular complexity index is 595. The van der Waals surface area contributed by atoms with Crippen molar-refractivity contribution >= 4 is 29.1 Å². The molecule has 0 saturated heterocycles. The van der Waals surface area contributed by atoms with E-state index < -0.39 is 0 Å². The summed E-state index contributed by atoms with van der Waals surface area (Å²) in [6.45, 7) is 0.378. The zero-order valence-corrected chi connectivity index (χ0v) is 11.9. The molecule has 0 bridgehead atoms. The van der Waals surface area contributed by atoms with E-state index >= 15 is 0 Å². The van der Waals surface area contributed by atoms with E-state index in [2.05, 4.69) is 10.3 Å². The fraction of sp³-hybridized carbons (Fsp3) is 0.143. The first-order valence-corrected chi connectivity index (χ1v) is 6.64. The van der Waals surface area contributed by atoms with Crippen molar-refractivity contribution < 1.29 is 9.90 Å². The Morgan fingerprint density at radius 3 is 2.20 bits per heavy atom. The monoisotopic (exact) mass is 310 g/mol. The number of aliphatic hydroxyl groups excluding tert-OH is 1. The van der Waals surface area contributed by atoms with Gasteiger partial charge in [0, 0.05) is 12.1 Å². The summed E-state index contributed by atoms with van der Waals surface area (Å²) in [6, 6.07) is 10.2. The molecule has 0 radical (unpaired) electrons. The van der Waals surface area contributed by atoms with E-state index in [4.69, 9.17) is 28.3 Å². The quantitative estimate of drug-likeness (QED) is 0.854. The second kappa shape index (κ2) is 6.70. The van der Waals surface area contributed by atoms with Gasteiger partial charge in [0.05, 0.1) is 6.61 Å². The van der Waals surface area contributed by atoms with Gasteiger partial charge in [-0.25, -0.2) is 4.98 Å². The Balaban J connectivity index is 2.00. The lowest BCUT2D eigenvalue weighted by Crippen LogP contribution is -2.22. The first-order chi connectivity index (χ1) is 9.58. The molecule has 0 aliphatic carbocycles. The van der Waals surface area contributed by atoms with Gasteiger partial charge < -0.3 is 10.4 Å². The summed E-state index contributed by atoms with van der Waals surface area (Å²) in [4.78, 5) is 15.7. The molecule has 0 spiro atoms. The fourth-order valence-electron chi connectivity index (χ4n) is 1.64. The summed E-state index contributed by atoms with van der Waals surface area (Å²) in [5.41, 5.74) is 2.12. The minimum atomic E-state index is -0.276. The number of amides is 1. The number of aliphatic hydroxyl groups is 1. The highest BCUT2D eigenvalue weighted by Gasteiger charge is 2.08. The minimum absolute atomic E-state index is 0.000647. The van der Waals surface area contributed by atoms with E-state index in [0.29, 0.717) is 12.1 Å². The topological polar surface area (TPSA) is 62.2 Å². The molecule has 1 heterocycles. The van der Waals surface area contributed by atoms with Crippen molar-refractivity contribution in [2.45, 2.75) is 13.2 Å². The maximum atomic E-state index is 11.9. The highest BCUT2D eigenvalue weighted by molar-refractivity contribution is 6.33. The zero-order chi connectivity index (χ0) is 14.5. The molecule has 1 aromatic carbocycles. The van der Waals surface area contributed by atoms with Crippen LogP contribution in [0.3, 0.4) is 0 Å². The molecule has 1 aromatic heterocycles. The van der Waals surface area contributed by atoms with Gasteiger partial charge in [-0.05, 0) is 23.3 Å². The Kier molecular flexibility index (Phi) is 4.95. The molecule has 6 heteroatoms. The molecule has 2 aromatic rings. The van der Waals surface area contributed by atoms with Gasteiger partial charge in [-0.15, -0.1) is 0 Å². The second-order valence-electron chi connectivity index (χ2n) is 4.16. The molecular formula is C14H12Cl2N2O2. The van der Waals surface area contributed by atoms with Crippen molar-refractivity contribution in [1.82, 2.24) is 10.3 Å². The molecule has 4 nitrogen and oxygen atoms in total. The predicted octanol–water partition coefficient (Wildman–Crippen LogP) is 2.81. The van der Waals surface area contributed by atoms with Crippen LogP contribution in [0, 0.1) is 0 Å². The van der Waals surface area contributed by atoms with Crippen LogP contribution in [0.1, 0.15) is 21.5 Å². The van der Waals surface area contributed by atoms with Gasteiger partial charge in [-0.2, -0.15) is 0 Å². The predicted molar refractivity (Wildman–Crippen MR) is 77.8 cm³/mol. The standard InChI is InChI=1S/C14H12Cl2N2O2/c15-12-5-11(6-13(16)18-12)14(20)17-7-9-1-3-10(8-19)4-2-9/h1-6,19H,7-8H2,(H,17,20). The lowest BCUT2D eigenvalue weighted by atomic mass is 10.1. The van der Waals surface area contributed by atoms with Crippen LogP contribution in [0.2, 0.25) is 10.3 Å². The van der Waals surface area contributed by atoms with Crippen LogP contribution in [0.15, 0.2) is 36.4 Å². The number of benzene rings is 1. The lowest BCUT2D eigenvalue weighted by Gasteiger charge is -2.06. The van der Waals surface area contributed by atoms with Crippen molar-refractivity contribution in [2.24, 2.45) is 0 Å². The summed E-state index contributed by atoms with van der Waals surface area (Å²) in [7, 11) is 0. The summed E-state index contributed by atoms with van der Waals surface area (Å²) in [6.07, 6.45) is 0. The average molecular weight is 311 g/mol. The molecule has 2 rings (SSSR count). The Morgan fingerprint density at radius 2 is 1.65 bits per heavy atom. The number of nitrogens with one attached hydrogen (secondary N) is 1. The summed E-state index contributed by atoms with van der Waals surface area (Å²) in [5.74, 6) is -0.276. The highest BCUT2D eigenvalue weighted by atomic mass is 35.5. The smallest absolute Gasteiger partial charge is 0.251 e. The van der Waals surface area contributed by atoms with Crippen LogP contribution in [0.25, 0.3) is 0 Å². The molecule has 1 amide bonds. The first-order valence-electron chi connectivity index (χ1n) is 5.88. The average Bonchev–Trinajstić information content (AvgIpc) is 2.44. The maximum Gasteiger partial charge on any atom is 0.251 e. The fourth-order valence-corrected chi connectivity index (χ4v) is 2.10. The molecule has 0 fully saturated rings. The normalized spacial score (nSPS) is 10.3. The van der Waals surface area contributed by atoms with Crippen LogP contribution >= 0.6 is 23.2 Å². The van der Waals surface area contributed by atoms with Crippen LogP contribution in [0.5, 0.6) is 0 Å². The molecule has 0 aliphatic heterocycles. The summed E-state index contributed by atoms with van der Waals surface area (Å²) < 4.78 is 0. The number of hydrogen-bond acceptors (Lipinski definition) is 3. The van der Waals surface area contributed by atoms with Crippen LogP contribution in [0.4, 0.5) is 0 Å². The van der Waals surface area contributed by atoms with Crippen molar-refractivity contribution in [3.05, 3.63) is 63.4 Å². The van der Waals surface area contributed by atoms with Gasteiger partial charge in [0.25, 0.3) is 5.91 Å². The third-order valence-electron chi connectivity index (χ3n) is 2.68. The third-order valence-corrected chi connectivity index (χ3v) is 3.07. The summed E-state index contributed by atoms with van der Waals surface area (Å²) >= 11 is 11.5. The van der Waals surface area contributed by atoms with Gasteiger partial charge in [-0.3, -0.25) is 4.79 Å². The molecule has 104 valence electrons. The number of carbonyl (C=O) groups excluding carboxylic acids is 1. The third kappa shape index (κ3) is 3.93. The van der Waals surface area contributed by atoms with E-state index in [-0.39, 0.29) is 22.8 Å².